The highest BCUT2D eigenvalue weighted by Crippen LogP contribution is 2.36. The monoisotopic (exact) mass is 1310 g/mol. The number of amides is 6. The summed E-state index contributed by atoms with van der Waals surface area (Å²) >= 11 is 3.03. The molecule has 9 atom stereocenters. The Labute approximate surface area is 528 Å². The molecular formula is C61H101BrN10O16. The maximum absolute atomic E-state index is 13.6. The van der Waals surface area contributed by atoms with Crippen LogP contribution in [0.1, 0.15) is 137 Å². The second-order valence-corrected chi connectivity index (χ2v) is 22.5. The summed E-state index contributed by atoms with van der Waals surface area (Å²) in [6, 6.07) is 13.5. The highest BCUT2D eigenvalue weighted by Gasteiger charge is 2.39. The molecule has 0 aliphatic carbocycles. The Hall–Kier alpha value is -6.65. The van der Waals surface area contributed by atoms with Gasteiger partial charge in [-0.25, -0.2) is 15.4 Å². The number of nitro groups is 1. The van der Waals surface area contributed by atoms with Crippen molar-refractivity contribution in [3.8, 4) is 5.75 Å². The molecule has 88 heavy (non-hydrogen) atoms. The average molecular weight is 1310 g/mol. The zero-order chi connectivity index (χ0) is 66.5. The Morgan fingerprint density at radius 1 is 0.943 bits per heavy atom. The first kappa shape index (κ1) is 79.4. The first-order valence-electron chi connectivity index (χ1n) is 30.1. The van der Waals surface area contributed by atoms with E-state index in [-0.39, 0.29) is 127 Å². The Bertz CT molecular complexity index is 2460. The van der Waals surface area contributed by atoms with E-state index in [4.69, 9.17) is 30.5 Å². The fourth-order valence-electron chi connectivity index (χ4n) is 9.40. The lowest BCUT2D eigenvalue weighted by Gasteiger charge is -2.38. The molecular weight excluding hydrogens is 1210 g/mol. The number of nitrogens with one attached hydrogen (secondary N) is 4. The van der Waals surface area contributed by atoms with Gasteiger partial charge in [-0.05, 0) is 61.6 Å². The molecule has 0 radical (unpaired) electrons. The van der Waals surface area contributed by atoms with Crippen LogP contribution in [0.4, 0.5) is 10.5 Å². The maximum atomic E-state index is 13.6. The van der Waals surface area contributed by atoms with Crippen LogP contribution in [0.2, 0.25) is 0 Å². The number of halogens is 1. The van der Waals surface area contributed by atoms with Gasteiger partial charge in [0.15, 0.2) is 11.9 Å². The van der Waals surface area contributed by atoms with Gasteiger partial charge in [-0.1, -0.05) is 114 Å². The van der Waals surface area contributed by atoms with Gasteiger partial charge in [0.05, 0.1) is 48.0 Å². The number of aliphatic carboxylic acids is 1. The normalized spacial score (nSPS) is 17.9. The number of likely N-dealkylation sites (N-methyl/N-ethyl adjacent to an activating group) is 1. The molecule has 0 aromatic heterocycles. The first-order valence-corrected chi connectivity index (χ1v) is 31.2. The molecule has 0 spiro atoms. The van der Waals surface area contributed by atoms with Crippen molar-refractivity contribution in [3.63, 3.8) is 0 Å². The minimum atomic E-state index is -1.33. The van der Waals surface area contributed by atoms with Crippen molar-refractivity contribution in [2.75, 3.05) is 73.0 Å². The molecule has 26 nitrogen and oxygen atoms in total. The van der Waals surface area contributed by atoms with E-state index in [9.17, 15) is 53.9 Å². The molecule has 2 saturated heterocycles. The summed E-state index contributed by atoms with van der Waals surface area (Å²) in [5, 5.41) is 43.0. The van der Waals surface area contributed by atoms with Crippen LogP contribution in [0.5, 0.6) is 5.75 Å². The number of carboxylic acids is 1. The number of carboxylic acid groups (broad SMARTS) is 1. The molecule has 10 N–H and O–H groups in total. The van der Waals surface area contributed by atoms with E-state index in [1.807, 2.05) is 50.8 Å². The molecule has 6 amide bonds. The van der Waals surface area contributed by atoms with Gasteiger partial charge in [-0.3, -0.25) is 34.1 Å². The molecule has 498 valence electrons. The van der Waals surface area contributed by atoms with E-state index >= 15 is 0 Å². The van der Waals surface area contributed by atoms with Crippen molar-refractivity contribution in [1.29, 1.82) is 0 Å². The molecule has 2 aromatic rings. The number of carbonyl (C=O) groups excluding carboxylic acids is 6. The summed E-state index contributed by atoms with van der Waals surface area (Å²) in [5.74, 6) is 3.83. The van der Waals surface area contributed by atoms with Gasteiger partial charge in [0.2, 0.25) is 35.8 Å². The second-order valence-electron chi connectivity index (χ2n) is 22.0. The minimum absolute atomic E-state index is 0.00228. The Kier molecular flexibility index (Phi) is 39.6. The third-order valence-corrected chi connectivity index (χ3v) is 14.7. The summed E-state index contributed by atoms with van der Waals surface area (Å²) in [5.41, 5.74) is 7.12. The van der Waals surface area contributed by atoms with Crippen LogP contribution in [-0.2, 0) is 54.1 Å². The molecule has 27 heteroatoms. The Morgan fingerprint density at radius 2 is 1.60 bits per heavy atom. The predicted molar refractivity (Wildman–Crippen MR) is 337 cm³/mol. The molecule has 2 heterocycles. The molecule has 2 fully saturated rings. The summed E-state index contributed by atoms with van der Waals surface area (Å²) in [7, 11) is 6.32. The fraction of sp³-hybridized carbons (Fsp3) is 0.656. The summed E-state index contributed by atoms with van der Waals surface area (Å²) in [6.45, 7) is 18.6. The van der Waals surface area contributed by atoms with Crippen LogP contribution in [0, 0.1) is 27.9 Å². The van der Waals surface area contributed by atoms with Crippen molar-refractivity contribution in [2.24, 2.45) is 29.3 Å². The highest BCUT2D eigenvalue weighted by atomic mass is 79.9. The van der Waals surface area contributed by atoms with Crippen molar-refractivity contribution in [2.45, 2.75) is 169 Å². The van der Waals surface area contributed by atoms with Crippen molar-refractivity contribution in [3.05, 3.63) is 81.7 Å². The van der Waals surface area contributed by atoms with E-state index in [1.54, 1.807) is 26.2 Å². The molecule has 8 unspecified atom stereocenters. The number of aliphatic hydroxyl groups is 1. The van der Waals surface area contributed by atoms with Gasteiger partial charge >= 0.3 is 17.7 Å². The SMILES string of the molecule is CCC.CCC(C)C(C(CC(=O)N1CCC[C@H]1CC(C)C(=O)NCCc1ccccc1)OC)N(C)C(=O)CNC(=O)CC(C)C.CCOC.CNC(=O)OC(C/C(N)=C/N(N)CCNC(=O)CBr)c1ccc(OC2CC(O)CC(C(=O)O)O2)c([N+](=O)[O-])c1. The van der Waals surface area contributed by atoms with Gasteiger partial charge < -0.3 is 75.7 Å². The number of alkyl halides is 1. The lowest BCUT2D eigenvalue weighted by atomic mass is 9.90. The van der Waals surface area contributed by atoms with Crippen LogP contribution in [0.3, 0.4) is 0 Å². The zero-order valence-corrected chi connectivity index (χ0v) is 55.2. The number of hydrogen-bond acceptors (Lipinski definition) is 18. The van der Waals surface area contributed by atoms with Crippen molar-refractivity contribution in [1.82, 2.24) is 36.1 Å². The number of hydrogen-bond donors (Lipinski definition) is 8. The third-order valence-electron chi connectivity index (χ3n) is 14.1. The van der Waals surface area contributed by atoms with E-state index < -0.39 is 53.4 Å². The summed E-state index contributed by atoms with van der Waals surface area (Å²) < 4.78 is 26.6. The van der Waals surface area contributed by atoms with Crippen LogP contribution in [0.25, 0.3) is 0 Å². The fourth-order valence-corrected chi connectivity index (χ4v) is 9.60. The van der Waals surface area contributed by atoms with Crippen LogP contribution in [0.15, 0.2) is 60.4 Å². The van der Waals surface area contributed by atoms with Gasteiger partial charge in [0.25, 0.3) is 0 Å². The molecule has 2 aliphatic heterocycles. The van der Waals surface area contributed by atoms with E-state index in [1.165, 1.54) is 42.4 Å². The number of ether oxygens (including phenoxy) is 5. The van der Waals surface area contributed by atoms with Crippen LogP contribution >= 0.6 is 15.9 Å². The first-order chi connectivity index (χ1) is 41.7. The van der Waals surface area contributed by atoms with Gasteiger partial charge in [0, 0.05) is 110 Å². The standard InChI is InChI=1S/C33H54N4O5.C22H31BrN6O10.C3H8O.C3H8/c1-8-24(4)32(36(6)31(40)22-35-29(38)19-23(2)3)28(42-7)21-30(39)37-18-12-15-27(37)20-25(5)33(41)34-17-16-26-13-10-9-11-14-26;1-26-22(34)39-17(7-13(24)11-28(25)5-4-27-19(31)10-23)12-2-3-16(15(6-12)29(35)36)37-20-9-14(30)8-18(38-20)21(32)33;1-3-4-2;1-3-2/h9-11,13-14,23-25,27-28,32H,8,12,15-22H2,1-7H3,(H,34,41)(H,35,38);2-3,6,11,14,17-18,20,30H,4-5,7-10,24-25H2,1H3,(H,26,34)(H,27,31)(H,32,33);3H2,1-2H3;3H2,1-2H3/b;13-11-;;/t24?,25?,27-,28?,32?;;;/m0.../s1. The number of carbonyl (C=O) groups is 7. The number of alkyl carbamates (subject to hydrolysis) is 1. The molecule has 0 saturated carbocycles. The smallest absolute Gasteiger partial charge is 0.407 e. The Morgan fingerprint density at radius 3 is 2.17 bits per heavy atom. The predicted octanol–water partition coefficient (Wildman–Crippen LogP) is 6.07. The largest absolute Gasteiger partial charge is 0.479 e. The number of hydrazine groups is 1. The van der Waals surface area contributed by atoms with Crippen LogP contribution < -0.4 is 37.6 Å². The molecule has 2 aromatic carbocycles. The third kappa shape index (κ3) is 30.5. The quantitative estimate of drug-likeness (QED) is 0.0184. The summed E-state index contributed by atoms with van der Waals surface area (Å²) in [6.07, 6.45) is 0.787. The number of nitrogens with two attached hydrogens (primary N) is 2. The number of nitrogens with zero attached hydrogens (tertiary/aromatic N) is 4. The number of aliphatic hydroxyl groups excluding tert-OH is 1. The van der Waals surface area contributed by atoms with E-state index in [0.29, 0.717) is 25.9 Å². The lowest BCUT2D eigenvalue weighted by molar-refractivity contribution is -0.386. The number of methoxy groups -OCH3 is 2. The number of benzene rings is 2. The van der Waals surface area contributed by atoms with Crippen LogP contribution in [-0.4, -0.2) is 181 Å². The van der Waals surface area contributed by atoms with Crippen molar-refractivity contribution >= 4 is 63.2 Å². The minimum Gasteiger partial charge on any atom is -0.479 e. The number of nitro benzene ring substituents is 1. The molecule has 4 rings (SSSR count). The van der Waals surface area contributed by atoms with E-state index in [2.05, 4.69) is 81.8 Å². The second kappa shape index (κ2) is 43.9. The van der Waals surface area contributed by atoms with E-state index in [0.717, 1.165) is 38.4 Å². The topological polar surface area (TPSA) is 359 Å². The highest BCUT2D eigenvalue weighted by molar-refractivity contribution is 9.09. The zero-order valence-electron chi connectivity index (χ0n) is 53.6. The van der Waals surface area contributed by atoms with Crippen molar-refractivity contribution < 1.29 is 72.4 Å². The summed E-state index contributed by atoms with van der Waals surface area (Å²) in [4.78, 5) is 101. The maximum Gasteiger partial charge on any atom is 0.407 e. The number of likely N-dealkylation sites (tertiary alicyclic amines) is 1. The Balaban J connectivity index is 0.000000797. The average Bonchev–Trinajstić information content (AvgIpc) is 3.68. The number of rotatable bonds is 31. The molecule has 2 aliphatic rings. The lowest BCUT2D eigenvalue weighted by Crippen LogP contribution is -2.53. The molecule has 0 bridgehead atoms. The van der Waals surface area contributed by atoms with Gasteiger partial charge in [0.1, 0.15) is 6.10 Å². The van der Waals surface area contributed by atoms with Gasteiger partial charge in [-0.2, -0.15) is 0 Å². The van der Waals surface area contributed by atoms with Gasteiger partial charge in [-0.15, -0.1) is 0 Å².